The van der Waals surface area contributed by atoms with Crippen LogP contribution in [0.25, 0.3) is 0 Å². The van der Waals surface area contributed by atoms with Crippen molar-refractivity contribution in [1.82, 2.24) is 5.32 Å². The van der Waals surface area contributed by atoms with Crippen LogP contribution in [-0.2, 0) is 9.59 Å². The van der Waals surface area contributed by atoms with Crippen LogP contribution in [0, 0.1) is 17.8 Å². The summed E-state index contributed by atoms with van der Waals surface area (Å²) in [6.45, 7) is 5.51. The first-order valence-corrected chi connectivity index (χ1v) is 6.95. The molecule has 1 aliphatic rings. The summed E-state index contributed by atoms with van der Waals surface area (Å²) in [5.74, 6) is -0.610. The molecule has 0 aliphatic heterocycles. The van der Waals surface area contributed by atoms with E-state index >= 15 is 0 Å². The zero-order chi connectivity index (χ0) is 13.7. The zero-order valence-electron chi connectivity index (χ0n) is 11.6. The summed E-state index contributed by atoms with van der Waals surface area (Å²) in [5.41, 5.74) is 0. The number of nitrogens with one attached hydrogen (secondary N) is 1. The van der Waals surface area contributed by atoms with Crippen molar-refractivity contribution in [3.63, 3.8) is 0 Å². The van der Waals surface area contributed by atoms with Crippen LogP contribution in [0.1, 0.15) is 52.9 Å². The van der Waals surface area contributed by atoms with E-state index in [4.69, 9.17) is 5.11 Å². The molecule has 1 amide bonds. The maximum absolute atomic E-state index is 12.0. The minimum absolute atomic E-state index is 0.0892. The minimum Gasteiger partial charge on any atom is -0.480 e. The molecule has 104 valence electrons. The minimum atomic E-state index is -0.952. The Morgan fingerprint density at radius 2 is 1.78 bits per heavy atom. The number of carbonyl (C=O) groups is 2. The molecule has 0 bridgehead atoms. The van der Waals surface area contributed by atoms with Crippen molar-refractivity contribution in [1.29, 1.82) is 0 Å². The number of aliphatic carboxylic acids is 1. The second-order valence-corrected chi connectivity index (χ2v) is 5.86. The van der Waals surface area contributed by atoms with E-state index < -0.39 is 12.0 Å². The van der Waals surface area contributed by atoms with Gasteiger partial charge in [0, 0.05) is 5.92 Å². The van der Waals surface area contributed by atoms with Gasteiger partial charge in [0.05, 0.1) is 0 Å². The van der Waals surface area contributed by atoms with E-state index in [9.17, 15) is 9.59 Å². The van der Waals surface area contributed by atoms with Gasteiger partial charge in [-0.25, -0.2) is 4.79 Å². The molecule has 0 radical (unpaired) electrons. The van der Waals surface area contributed by atoms with E-state index in [1.165, 1.54) is 25.7 Å². The van der Waals surface area contributed by atoms with Crippen molar-refractivity contribution in [3.8, 4) is 0 Å². The highest BCUT2D eigenvalue weighted by atomic mass is 16.4. The maximum Gasteiger partial charge on any atom is 0.326 e. The Kier molecular flexibility index (Phi) is 5.63. The fourth-order valence-corrected chi connectivity index (χ4v) is 2.66. The Bertz CT molecular complexity index is 295. The number of carboxylic acid groups (broad SMARTS) is 1. The Labute approximate surface area is 109 Å². The predicted octanol–water partition coefficient (Wildman–Crippen LogP) is 2.43. The predicted molar refractivity (Wildman–Crippen MR) is 70.1 cm³/mol. The molecule has 0 heterocycles. The standard InChI is InChI=1S/C14H25NO3/c1-9(2)12(14(17)18)15-13(16)10(3)8-11-6-4-5-7-11/h9-12H,4-8H2,1-3H3,(H,15,16)(H,17,18)/t10?,12-/m0/s1. The molecule has 1 aliphatic carbocycles. The van der Waals surface area contributed by atoms with Gasteiger partial charge in [0.1, 0.15) is 6.04 Å². The first-order chi connectivity index (χ1) is 8.41. The highest BCUT2D eigenvalue weighted by Gasteiger charge is 2.27. The van der Waals surface area contributed by atoms with Crippen LogP contribution in [0.5, 0.6) is 0 Å². The van der Waals surface area contributed by atoms with Gasteiger partial charge in [0.2, 0.25) is 5.91 Å². The van der Waals surface area contributed by atoms with Crippen molar-refractivity contribution in [2.75, 3.05) is 0 Å². The summed E-state index contributed by atoms with van der Waals surface area (Å²) < 4.78 is 0. The largest absolute Gasteiger partial charge is 0.480 e. The van der Waals surface area contributed by atoms with Gasteiger partial charge in [-0.15, -0.1) is 0 Å². The normalized spacial score (nSPS) is 19.8. The quantitative estimate of drug-likeness (QED) is 0.766. The molecular weight excluding hydrogens is 230 g/mol. The molecule has 0 aromatic heterocycles. The molecule has 1 rings (SSSR count). The second kappa shape index (κ2) is 6.76. The van der Waals surface area contributed by atoms with Crippen molar-refractivity contribution in [2.24, 2.45) is 17.8 Å². The molecule has 18 heavy (non-hydrogen) atoms. The molecule has 0 aromatic rings. The smallest absolute Gasteiger partial charge is 0.326 e. The van der Waals surface area contributed by atoms with Gasteiger partial charge in [-0.1, -0.05) is 46.5 Å². The summed E-state index contributed by atoms with van der Waals surface area (Å²) >= 11 is 0. The van der Waals surface area contributed by atoms with Gasteiger partial charge in [-0.2, -0.15) is 0 Å². The lowest BCUT2D eigenvalue weighted by molar-refractivity contribution is -0.143. The van der Waals surface area contributed by atoms with Crippen LogP contribution >= 0.6 is 0 Å². The number of rotatable bonds is 6. The van der Waals surface area contributed by atoms with Crippen molar-refractivity contribution >= 4 is 11.9 Å². The van der Waals surface area contributed by atoms with E-state index in [0.717, 1.165) is 6.42 Å². The molecule has 0 saturated heterocycles. The number of hydrogen-bond acceptors (Lipinski definition) is 2. The van der Waals surface area contributed by atoms with Gasteiger partial charge in [-0.05, 0) is 18.3 Å². The van der Waals surface area contributed by atoms with Gasteiger partial charge in [0.15, 0.2) is 0 Å². The van der Waals surface area contributed by atoms with Crippen LogP contribution in [0.3, 0.4) is 0 Å². The second-order valence-electron chi connectivity index (χ2n) is 5.86. The highest BCUT2D eigenvalue weighted by Crippen LogP contribution is 2.30. The van der Waals surface area contributed by atoms with Gasteiger partial charge < -0.3 is 10.4 Å². The van der Waals surface area contributed by atoms with Gasteiger partial charge >= 0.3 is 5.97 Å². The molecule has 2 atom stereocenters. The van der Waals surface area contributed by atoms with Crippen LogP contribution in [0.4, 0.5) is 0 Å². The van der Waals surface area contributed by atoms with Gasteiger partial charge in [-0.3, -0.25) is 4.79 Å². The van der Waals surface area contributed by atoms with Crippen molar-refractivity contribution in [2.45, 2.75) is 58.9 Å². The Hall–Kier alpha value is -1.06. The zero-order valence-corrected chi connectivity index (χ0v) is 11.6. The lowest BCUT2D eigenvalue weighted by Crippen LogP contribution is -2.46. The van der Waals surface area contributed by atoms with E-state index in [1.807, 2.05) is 6.92 Å². The van der Waals surface area contributed by atoms with Crippen molar-refractivity contribution < 1.29 is 14.7 Å². The third-order valence-corrected chi connectivity index (χ3v) is 3.84. The molecule has 2 N–H and O–H groups in total. The summed E-state index contributed by atoms with van der Waals surface area (Å²) in [5, 5.41) is 11.7. The van der Waals surface area contributed by atoms with E-state index in [-0.39, 0.29) is 17.7 Å². The van der Waals surface area contributed by atoms with Crippen molar-refractivity contribution in [3.05, 3.63) is 0 Å². The summed E-state index contributed by atoms with van der Waals surface area (Å²) in [6.07, 6.45) is 5.84. The van der Waals surface area contributed by atoms with Crippen LogP contribution in [-0.4, -0.2) is 23.0 Å². The summed E-state index contributed by atoms with van der Waals surface area (Å²) in [7, 11) is 0. The highest BCUT2D eigenvalue weighted by molar-refractivity contribution is 5.84. The number of hydrogen-bond donors (Lipinski definition) is 2. The lowest BCUT2D eigenvalue weighted by Gasteiger charge is -2.21. The van der Waals surface area contributed by atoms with Crippen LogP contribution in [0.2, 0.25) is 0 Å². The molecular formula is C14H25NO3. The Morgan fingerprint density at radius 1 is 1.22 bits per heavy atom. The SMILES string of the molecule is CC(CC1CCCC1)C(=O)N[C@H](C(=O)O)C(C)C. The fourth-order valence-electron chi connectivity index (χ4n) is 2.66. The monoisotopic (exact) mass is 255 g/mol. The van der Waals surface area contributed by atoms with E-state index in [1.54, 1.807) is 13.8 Å². The summed E-state index contributed by atoms with van der Waals surface area (Å²) in [6, 6.07) is -0.775. The van der Waals surface area contributed by atoms with E-state index in [2.05, 4.69) is 5.32 Å². The molecule has 4 heteroatoms. The topological polar surface area (TPSA) is 66.4 Å². The average Bonchev–Trinajstić information content (AvgIpc) is 2.77. The molecule has 0 aromatic carbocycles. The Morgan fingerprint density at radius 3 is 2.22 bits per heavy atom. The van der Waals surface area contributed by atoms with Gasteiger partial charge in [0.25, 0.3) is 0 Å². The fraction of sp³-hybridized carbons (Fsp3) is 0.857. The first kappa shape index (κ1) is 15.0. The molecule has 1 saturated carbocycles. The third kappa shape index (κ3) is 4.31. The average molecular weight is 255 g/mol. The maximum atomic E-state index is 12.0. The van der Waals surface area contributed by atoms with Crippen LogP contribution in [0.15, 0.2) is 0 Å². The third-order valence-electron chi connectivity index (χ3n) is 3.84. The molecule has 4 nitrogen and oxygen atoms in total. The Balaban J connectivity index is 2.44. The molecule has 1 unspecified atom stereocenters. The first-order valence-electron chi connectivity index (χ1n) is 6.95. The lowest BCUT2D eigenvalue weighted by atomic mass is 9.93. The van der Waals surface area contributed by atoms with E-state index in [0.29, 0.717) is 5.92 Å². The number of carboxylic acids is 1. The number of carbonyl (C=O) groups excluding carboxylic acids is 1. The molecule has 1 fully saturated rings. The van der Waals surface area contributed by atoms with Crippen LogP contribution < -0.4 is 5.32 Å². The summed E-state index contributed by atoms with van der Waals surface area (Å²) in [4.78, 5) is 23.0. The number of amides is 1. The molecule has 0 spiro atoms.